The number of hydrogen-bond donors (Lipinski definition) is 1. The number of H-pyrrole nitrogens is 1. The maximum absolute atomic E-state index is 13.4. The van der Waals surface area contributed by atoms with Crippen molar-refractivity contribution in [2.24, 2.45) is 5.41 Å². The van der Waals surface area contributed by atoms with Gasteiger partial charge in [-0.15, -0.1) is 0 Å². The van der Waals surface area contributed by atoms with Gasteiger partial charge >= 0.3 is 0 Å². The van der Waals surface area contributed by atoms with Crippen molar-refractivity contribution < 1.29 is 14.3 Å². The number of aromatic amines is 1. The fraction of sp³-hybridized carbons (Fsp3) is 0.464. The van der Waals surface area contributed by atoms with Crippen LogP contribution in [-0.4, -0.2) is 66.7 Å². The molecule has 2 fully saturated rings. The van der Waals surface area contributed by atoms with Crippen LogP contribution in [0.2, 0.25) is 5.02 Å². The quantitative estimate of drug-likeness (QED) is 0.499. The zero-order valence-electron chi connectivity index (χ0n) is 20.4. The summed E-state index contributed by atoms with van der Waals surface area (Å²) in [5.74, 6) is 1.01. The second kappa shape index (κ2) is 10.6. The number of piperidine rings is 1. The van der Waals surface area contributed by atoms with Crippen LogP contribution in [0.4, 0.5) is 0 Å². The van der Waals surface area contributed by atoms with Gasteiger partial charge in [0.05, 0.1) is 19.8 Å². The predicted molar refractivity (Wildman–Crippen MR) is 139 cm³/mol. The van der Waals surface area contributed by atoms with E-state index in [1.54, 1.807) is 0 Å². The van der Waals surface area contributed by atoms with Crippen LogP contribution in [0.15, 0.2) is 48.7 Å². The Kier molecular flexibility index (Phi) is 7.32. The van der Waals surface area contributed by atoms with Gasteiger partial charge in [0.15, 0.2) is 0 Å². The zero-order valence-corrected chi connectivity index (χ0v) is 21.2. The molecule has 5 rings (SSSR count). The molecular weight excluding hydrogens is 462 g/mol. The summed E-state index contributed by atoms with van der Waals surface area (Å²) >= 11 is 6.22. The number of fused-ring (bicyclic) bond motifs is 1. The average molecular weight is 496 g/mol. The van der Waals surface area contributed by atoms with Crippen molar-refractivity contribution in [3.05, 3.63) is 64.8 Å². The zero-order chi connectivity index (χ0) is 24.3. The second-order valence-electron chi connectivity index (χ2n) is 10.0. The third-order valence-electron chi connectivity index (χ3n) is 7.38. The first-order valence-electron chi connectivity index (χ1n) is 12.5. The Morgan fingerprint density at radius 2 is 2.03 bits per heavy atom. The number of carbonyl (C=O) groups excluding carboxylic acids is 1. The number of carbonyl (C=O) groups is 1. The van der Waals surface area contributed by atoms with E-state index in [0.717, 1.165) is 54.3 Å². The van der Waals surface area contributed by atoms with Crippen LogP contribution in [-0.2, 0) is 16.1 Å². The molecule has 2 aliphatic rings. The lowest BCUT2D eigenvalue weighted by Crippen LogP contribution is -2.50. The van der Waals surface area contributed by atoms with Crippen molar-refractivity contribution in [2.45, 2.75) is 32.7 Å². The summed E-state index contributed by atoms with van der Waals surface area (Å²) in [5, 5.41) is 2.00. The van der Waals surface area contributed by atoms with Gasteiger partial charge in [-0.25, -0.2) is 0 Å². The molecule has 1 N–H and O–H groups in total. The Labute approximate surface area is 212 Å². The molecule has 0 spiro atoms. The van der Waals surface area contributed by atoms with Crippen molar-refractivity contribution in [1.29, 1.82) is 0 Å². The lowest BCUT2D eigenvalue weighted by atomic mass is 9.77. The molecule has 1 amide bonds. The minimum absolute atomic E-state index is 0.207. The number of nitrogens with one attached hydrogen (secondary N) is 1. The highest BCUT2D eigenvalue weighted by molar-refractivity contribution is 6.31. The van der Waals surface area contributed by atoms with Crippen molar-refractivity contribution in [3.63, 3.8) is 0 Å². The number of aryl methyl sites for hydroxylation is 1. The van der Waals surface area contributed by atoms with Gasteiger partial charge in [0.25, 0.3) is 0 Å². The number of halogens is 1. The number of rotatable bonds is 7. The van der Waals surface area contributed by atoms with Gasteiger partial charge in [0, 0.05) is 60.1 Å². The Balaban J connectivity index is 1.35. The third-order valence-corrected chi connectivity index (χ3v) is 7.81. The first-order valence-corrected chi connectivity index (χ1v) is 12.9. The van der Waals surface area contributed by atoms with Gasteiger partial charge in [-0.2, -0.15) is 0 Å². The third kappa shape index (κ3) is 5.66. The minimum Gasteiger partial charge on any atom is -0.493 e. The molecule has 35 heavy (non-hydrogen) atoms. The standard InChI is InChI=1S/C28H34ClN3O3/c1-21-16-23(6-7-25(21)29)35-20-28(17-27(33)32-12-14-34-15-13-32)9-3-11-31(19-28)18-22-4-2-5-26-24(22)8-10-30-26/h2,4-8,10,16,30H,3,9,11-15,17-20H2,1H3. The molecule has 7 heteroatoms. The van der Waals surface area contributed by atoms with E-state index in [9.17, 15) is 4.79 Å². The number of ether oxygens (including phenoxy) is 2. The van der Waals surface area contributed by atoms with Crippen LogP contribution >= 0.6 is 11.6 Å². The maximum atomic E-state index is 13.4. The first kappa shape index (κ1) is 24.2. The van der Waals surface area contributed by atoms with Gasteiger partial charge in [-0.05, 0) is 67.8 Å². The van der Waals surface area contributed by atoms with Gasteiger partial charge in [-0.3, -0.25) is 9.69 Å². The van der Waals surface area contributed by atoms with Gasteiger partial charge < -0.3 is 19.4 Å². The number of aromatic nitrogens is 1. The van der Waals surface area contributed by atoms with E-state index in [1.807, 2.05) is 36.2 Å². The van der Waals surface area contributed by atoms with Crippen molar-refractivity contribution >= 4 is 28.4 Å². The summed E-state index contributed by atoms with van der Waals surface area (Å²) in [6, 6.07) is 14.4. The summed E-state index contributed by atoms with van der Waals surface area (Å²) in [5.41, 5.74) is 3.23. The van der Waals surface area contributed by atoms with Crippen molar-refractivity contribution in [3.8, 4) is 5.75 Å². The van der Waals surface area contributed by atoms with Crippen LogP contribution in [0.25, 0.3) is 10.9 Å². The number of hydrogen-bond acceptors (Lipinski definition) is 4. The molecule has 1 atom stereocenters. The van der Waals surface area contributed by atoms with Crippen molar-refractivity contribution in [2.75, 3.05) is 46.0 Å². The predicted octanol–water partition coefficient (Wildman–Crippen LogP) is 5.04. The molecule has 1 unspecified atom stereocenters. The van der Waals surface area contributed by atoms with E-state index in [4.69, 9.17) is 21.1 Å². The van der Waals surface area contributed by atoms with Gasteiger partial charge in [0.2, 0.25) is 5.91 Å². The number of benzene rings is 2. The molecule has 0 aliphatic carbocycles. The van der Waals surface area contributed by atoms with Crippen molar-refractivity contribution in [1.82, 2.24) is 14.8 Å². The SMILES string of the molecule is Cc1cc(OCC2(CC(=O)N3CCOCC3)CCCN(Cc3cccc4[nH]ccc34)C2)ccc1Cl. The molecule has 186 valence electrons. The van der Waals surface area contributed by atoms with E-state index in [0.29, 0.717) is 39.3 Å². The largest absolute Gasteiger partial charge is 0.493 e. The molecule has 6 nitrogen and oxygen atoms in total. The molecule has 0 radical (unpaired) electrons. The summed E-state index contributed by atoms with van der Waals surface area (Å²) in [6.07, 6.45) is 4.51. The summed E-state index contributed by atoms with van der Waals surface area (Å²) in [6.45, 7) is 7.79. The van der Waals surface area contributed by atoms with E-state index < -0.39 is 0 Å². The molecular formula is C28H34ClN3O3. The first-order chi connectivity index (χ1) is 17.0. The van der Waals surface area contributed by atoms with Crippen LogP contribution in [0, 0.1) is 12.3 Å². The van der Waals surface area contributed by atoms with E-state index in [2.05, 4.69) is 34.1 Å². The number of amides is 1. The Hall–Kier alpha value is -2.54. The molecule has 0 bridgehead atoms. The van der Waals surface area contributed by atoms with Crippen LogP contribution < -0.4 is 4.74 Å². The highest BCUT2D eigenvalue weighted by atomic mass is 35.5. The molecule has 3 aromatic rings. The lowest BCUT2D eigenvalue weighted by Gasteiger charge is -2.43. The Bertz CT molecular complexity index is 1170. The maximum Gasteiger partial charge on any atom is 0.223 e. The molecule has 0 saturated carbocycles. The minimum atomic E-state index is -0.243. The Morgan fingerprint density at radius 3 is 2.86 bits per heavy atom. The number of morpholine rings is 1. The lowest BCUT2D eigenvalue weighted by molar-refractivity contribution is -0.139. The highest BCUT2D eigenvalue weighted by Gasteiger charge is 2.39. The fourth-order valence-corrected chi connectivity index (χ4v) is 5.59. The molecule has 2 aliphatic heterocycles. The number of likely N-dealkylation sites (tertiary alicyclic amines) is 1. The van der Waals surface area contributed by atoms with E-state index >= 15 is 0 Å². The van der Waals surface area contributed by atoms with Crippen LogP contribution in [0.3, 0.4) is 0 Å². The summed E-state index contributed by atoms with van der Waals surface area (Å²) in [4.78, 5) is 21.1. The van der Waals surface area contributed by atoms with E-state index in [1.165, 1.54) is 10.9 Å². The second-order valence-corrected chi connectivity index (χ2v) is 10.4. The smallest absolute Gasteiger partial charge is 0.223 e. The summed E-state index contributed by atoms with van der Waals surface area (Å²) in [7, 11) is 0. The Morgan fingerprint density at radius 1 is 1.17 bits per heavy atom. The van der Waals surface area contributed by atoms with Gasteiger partial charge in [-0.1, -0.05) is 23.7 Å². The molecule has 2 saturated heterocycles. The average Bonchev–Trinajstić information content (AvgIpc) is 3.36. The number of nitrogens with zero attached hydrogens (tertiary/aromatic N) is 2. The normalized spacial score (nSPS) is 21.4. The van der Waals surface area contributed by atoms with Crippen LogP contribution in [0.1, 0.15) is 30.4 Å². The molecule has 1 aromatic heterocycles. The monoisotopic (exact) mass is 495 g/mol. The molecule has 2 aromatic carbocycles. The summed E-state index contributed by atoms with van der Waals surface area (Å²) < 4.78 is 11.8. The van der Waals surface area contributed by atoms with E-state index in [-0.39, 0.29) is 11.3 Å². The van der Waals surface area contributed by atoms with Gasteiger partial charge in [0.1, 0.15) is 5.75 Å². The fourth-order valence-electron chi connectivity index (χ4n) is 5.48. The molecule has 3 heterocycles. The topological polar surface area (TPSA) is 57.8 Å². The van der Waals surface area contributed by atoms with Crippen LogP contribution in [0.5, 0.6) is 5.75 Å². The highest BCUT2D eigenvalue weighted by Crippen LogP contribution is 2.37.